The molecule has 6 atom stereocenters. The Morgan fingerprint density at radius 1 is 1.17 bits per heavy atom. The second-order valence-electron chi connectivity index (χ2n) is 7.30. The Labute approximate surface area is 175 Å². The van der Waals surface area contributed by atoms with Crippen molar-refractivity contribution < 1.29 is 34.8 Å². The fourth-order valence-electron chi connectivity index (χ4n) is 3.72. The van der Waals surface area contributed by atoms with Gasteiger partial charge in [-0.25, -0.2) is 4.99 Å². The van der Waals surface area contributed by atoms with Crippen LogP contribution >= 0.6 is 0 Å². The lowest BCUT2D eigenvalue weighted by Crippen LogP contribution is -2.51. The van der Waals surface area contributed by atoms with Crippen molar-refractivity contribution in [2.45, 2.75) is 64.3 Å². The van der Waals surface area contributed by atoms with Crippen molar-refractivity contribution in [2.75, 3.05) is 6.61 Å². The Hall–Kier alpha value is -2.44. The molecule has 0 aromatic heterocycles. The smallest absolute Gasteiger partial charge is 0.322 e. The molecule has 0 saturated heterocycles. The number of hydrogen-bond donors (Lipinski definition) is 8. The number of guanidine groups is 1. The lowest BCUT2D eigenvalue weighted by molar-refractivity contribution is -0.145. The molecule has 0 heterocycles. The fourth-order valence-corrected chi connectivity index (χ4v) is 3.72. The van der Waals surface area contributed by atoms with Crippen LogP contribution in [0.2, 0.25) is 0 Å². The minimum Gasteiger partial charge on any atom is -0.481 e. The summed E-state index contributed by atoms with van der Waals surface area (Å²) >= 11 is 0. The highest BCUT2D eigenvalue weighted by Gasteiger charge is 2.50. The highest BCUT2D eigenvalue weighted by molar-refractivity contribution is 5.77. The molecule has 11 N–H and O–H groups in total. The van der Waals surface area contributed by atoms with Crippen LogP contribution < -0.4 is 22.5 Å². The van der Waals surface area contributed by atoms with Crippen LogP contribution in [0.1, 0.15) is 40.0 Å². The van der Waals surface area contributed by atoms with E-state index in [1.807, 2.05) is 13.8 Å². The predicted octanol–water partition coefficient (Wildman–Crippen LogP) is -1.96. The summed E-state index contributed by atoms with van der Waals surface area (Å²) in [5.41, 5.74) is 15.7. The maximum atomic E-state index is 11.6. The third-order valence-electron chi connectivity index (χ3n) is 5.23. The molecule has 12 nitrogen and oxygen atoms in total. The normalized spacial score (nSPS) is 24.9. The molecule has 0 bridgehead atoms. The molecule has 0 aliphatic heterocycles. The average Bonchev–Trinajstić information content (AvgIpc) is 2.96. The van der Waals surface area contributed by atoms with Gasteiger partial charge >= 0.3 is 11.9 Å². The zero-order valence-corrected chi connectivity index (χ0v) is 17.6. The maximum absolute atomic E-state index is 11.6. The third-order valence-corrected chi connectivity index (χ3v) is 5.23. The monoisotopic (exact) mass is 433 g/mol. The number of aliphatic hydroxyl groups is 2. The van der Waals surface area contributed by atoms with Gasteiger partial charge in [0.25, 0.3) is 0 Å². The number of nitrogens with one attached hydrogen (secondary N) is 1. The molecule has 0 spiro atoms. The second-order valence-corrected chi connectivity index (χ2v) is 7.30. The van der Waals surface area contributed by atoms with Gasteiger partial charge in [-0.2, -0.15) is 0 Å². The number of aliphatic hydroxyl groups excluding tert-OH is 2. The Bertz CT molecular complexity index is 608. The molecule has 1 amide bonds. The first-order valence-corrected chi connectivity index (χ1v) is 9.76. The molecule has 12 heteroatoms. The van der Waals surface area contributed by atoms with Crippen LogP contribution in [0.15, 0.2) is 4.99 Å². The van der Waals surface area contributed by atoms with Gasteiger partial charge in [0.2, 0.25) is 5.91 Å². The number of carbonyl (C=O) groups excluding carboxylic acids is 1. The Morgan fingerprint density at radius 3 is 2.00 bits per heavy atom. The van der Waals surface area contributed by atoms with Crippen LogP contribution in [0.3, 0.4) is 0 Å². The number of amides is 1. The van der Waals surface area contributed by atoms with Crippen molar-refractivity contribution >= 4 is 23.8 Å². The van der Waals surface area contributed by atoms with Crippen molar-refractivity contribution in [3.8, 4) is 0 Å². The molecule has 30 heavy (non-hydrogen) atoms. The lowest BCUT2D eigenvalue weighted by atomic mass is 9.80. The van der Waals surface area contributed by atoms with Crippen molar-refractivity contribution in [3.63, 3.8) is 0 Å². The van der Waals surface area contributed by atoms with Gasteiger partial charge in [-0.3, -0.25) is 14.4 Å². The summed E-state index contributed by atoms with van der Waals surface area (Å²) in [4.78, 5) is 36.8. The second kappa shape index (κ2) is 13.0. The van der Waals surface area contributed by atoms with Crippen LogP contribution in [-0.2, 0) is 14.4 Å². The van der Waals surface area contributed by atoms with E-state index < -0.39 is 48.6 Å². The van der Waals surface area contributed by atoms with E-state index in [1.54, 1.807) is 0 Å². The molecular formula is C18H35N5O7. The summed E-state index contributed by atoms with van der Waals surface area (Å²) in [6.45, 7) is 4.89. The summed E-state index contributed by atoms with van der Waals surface area (Å²) in [6, 6.07) is -2.04. The van der Waals surface area contributed by atoms with E-state index in [2.05, 4.69) is 10.3 Å². The molecule has 0 aromatic rings. The zero-order chi connectivity index (χ0) is 23.6. The van der Waals surface area contributed by atoms with Crippen molar-refractivity contribution in [1.82, 2.24) is 5.32 Å². The number of hydrogen-bond acceptors (Lipinski definition) is 7. The highest BCUT2D eigenvalue weighted by Crippen LogP contribution is 2.39. The average molecular weight is 434 g/mol. The SMILES string of the molecule is CCC(CC)[C@H](NC(C)=O)[C@@H]1[C@H](O)[C@@H](C(=O)O)C[C@H]1N=C(N)N.NC(CO)C(=O)O. The molecule has 174 valence electrons. The number of carboxylic acids is 2. The first kappa shape index (κ1) is 27.6. The third kappa shape index (κ3) is 8.13. The summed E-state index contributed by atoms with van der Waals surface area (Å²) in [5.74, 6) is -4.02. The minimum absolute atomic E-state index is 0.0998. The fraction of sp³-hybridized carbons (Fsp3) is 0.778. The molecule has 1 rings (SSSR count). The number of aliphatic carboxylic acids is 2. The largest absolute Gasteiger partial charge is 0.481 e. The first-order valence-electron chi connectivity index (χ1n) is 9.76. The molecule has 1 unspecified atom stereocenters. The number of rotatable bonds is 9. The van der Waals surface area contributed by atoms with E-state index in [4.69, 9.17) is 27.4 Å². The number of nitrogens with two attached hydrogens (primary N) is 3. The van der Waals surface area contributed by atoms with Crippen LogP contribution in [0.25, 0.3) is 0 Å². The van der Waals surface area contributed by atoms with Gasteiger partial charge < -0.3 is 42.9 Å². The first-order chi connectivity index (χ1) is 13.9. The van der Waals surface area contributed by atoms with Crippen LogP contribution in [0.5, 0.6) is 0 Å². The lowest BCUT2D eigenvalue weighted by Gasteiger charge is -2.35. The van der Waals surface area contributed by atoms with Gasteiger partial charge in [-0.15, -0.1) is 0 Å². The Balaban J connectivity index is 0.00000103. The van der Waals surface area contributed by atoms with Gasteiger partial charge in [0.15, 0.2) is 5.96 Å². The van der Waals surface area contributed by atoms with Crippen LogP contribution in [0.4, 0.5) is 0 Å². The predicted molar refractivity (Wildman–Crippen MR) is 109 cm³/mol. The van der Waals surface area contributed by atoms with Gasteiger partial charge in [-0.1, -0.05) is 26.7 Å². The molecule has 1 aliphatic rings. The van der Waals surface area contributed by atoms with Crippen LogP contribution in [0, 0.1) is 17.8 Å². The Kier molecular flexibility index (Phi) is 11.9. The van der Waals surface area contributed by atoms with E-state index in [1.165, 1.54) is 6.92 Å². The summed E-state index contributed by atoms with van der Waals surface area (Å²) in [5, 5.41) is 38.6. The van der Waals surface area contributed by atoms with Gasteiger partial charge in [-0.05, 0) is 12.3 Å². The van der Waals surface area contributed by atoms with Gasteiger partial charge in [0.05, 0.1) is 24.7 Å². The Morgan fingerprint density at radius 2 is 1.70 bits per heavy atom. The van der Waals surface area contributed by atoms with E-state index in [0.29, 0.717) is 0 Å². The molecule has 1 saturated carbocycles. The van der Waals surface area contributed by atoms with E-state index in [9.17, 15) is 24.6 Å². The maximum Gasteiger partial charge on any atom is 0.322 e. The number of nitrogens with zero attached hydrogens (tertiary/aromatic N) is 1. The van der Waals surface area contributed by atoms with Crippen molar-refractivity contribution in [3.05, 3.63) is 0 Å². The minimum atomic E-state index is -1.18. The number of carbonyl (C=O) groups is 3. The number of aliphatic imine (C=N–C) groups is 1. The van der Waals surface area contributed by atoms with Crippen LogP contribution in [-0.4, -0.2) is 75.1 Å². The zero-order valence-electron chi connectivity index (χ0n) is 17.6. The van der Waals surface area contributed by atoms with Crippen molar-refractivity contribution in [1.29, 1.82) is 0 Å². The summed E-state index contributed by atoms with van der Waals surface area (Å²) in [6.07, 6.45) is 0.612. The highest BCUT2D eigenvalue weighted by atomic mass is 16.4. The molecule has 0 radical (unpaired) electrons. The summed E-state index contributed by atoms with van der Waals surface area (Å²) < 4.78 is 0. The molecular weight excluding hydrogens is 398 g/mol. The topological polar surface area (TPSA) is 235 Å². The number of carboxylic acid groups (broad SMARTS) is 2. The summed E-state index contributed by atoms with van der Waals surface area (Å²) in [7, 11) is 0. The van der Waals surface area contributed by atoms with Crippen molar-refractivity contribution in [2.24, 2.45) is 39.9 Å². The molecule has 1 fully saturated rings. The quantitative estimate of drug-likeness (QED) is 0.148. The van der Waals surface area contributed by atoms with Gasteiger partial charge in [0, 0.05) is 18.9 Å². The standard InChI is InChI=1S/C15H28N4O4.C3H7NO3/c1-4-8(5-2)12(18-7(3)20)11-10(19-15(16)17)6-9(13(11)21)14(22)23;4-2(1-5)3(6)7/h8-13,21H,4-6H2,1-3H3,(H,18,20)(H,22,23)(H4,16,17,19);2,5H,1,4H2,(H,6,7)/t9-,10+,11+,12-,13+;/m0./s1. The molecule has 0 aromatic carbocycles. The van der Waals surface area contributed by atoms with E-state index in [0.717, 1.165) is 12.8 Å². The molecule has 1 aliphatic carbocycles. The van der Waals surface area contributed by atoms with E-state index in [-0.39, 0.29) is 30.2 Å². The van der Waals surface area contributed by atoms with E-state index >= 15 is 0 Å². The van der Waals surface area contributed by atoms with Gasteiger partial charge in [0.1, 0.15) is 6.04 Å².